The fourth-order valence-corrected chi connectivity index (χ4v) is 1.86. The van der Waals surface area contributed by atoms with E-state index in [1.807, 2.05) is 24.3 Å². The smallest absolute Gasteiger partial charge is 0.170 e. The molecule has 0 amide bonds. The van der Waals surface area contributed by atoms with Gasteiger partial charge in [0.2, 0.25) is 0 Å². The van der Waals surface area contributed by atoms with E-state index in [1.165, 1.54) is 0 Å². The lowest BCUT2D eigenvalue weighted by Gasteiger charge is -2.11. The Morgan fingerprint density at radius 1 is 1.40 bits per heavy atom. The van der Waals surface area contributed by atoms with E-state index in [4.69, 9.17) is 10.00 Å². The van der Waals surface area contributed by atoms with Crippen LogP contribution in [0.2, 0.25) is 0 Å². The van der Waals surface area contributed by atoms with Gasteiger partial charge in [-0.25, -0.2) is 0 Å². The number of nitriles is 1. The monoisotopic (exact) mass is 331 g/mol. The molecule has 0 radical (unpaired) electrons. The standard InChI is InChI=1S/C11H11Br2NO/c12-6-3-7-15-11(8-14)9-4-1-2-5-10(9)13/h1-2,4-5,11H,3,6-7H2. The largest absolute Gasteiger partial charge is 0.359 e. The summed E-state index contributed by atoms with van der Waals surface area (Å²) in [6, 6.07) is 9.77. The minimum absolute atomic E-state index is 0.486. The molecule has 0 saturated carbocycles. The van der Waals surface area contributed by atoms with Crippen LogP contribution in [0.1, 0.15) is 18.1 Å². The molecule has 15 heavy (non-hydrogen) atoms. The SMILES string of the molecule is N#CC(OCCCBr)c1ccccc1Br. The molecular weight excluding hydrogens is 322 g/mol. The van der Waals surface area contributed by atoms with Gasteiger partial charge in [0.1, 0.15) is 0 Å². The molecule has 0 saturated heterocycles. The Labute approximate surface area is 106 Å². The van der Waals surface area contributed by atoms with E-state index in [0.717, 1.165) is 21.8 Å². The van der Waals surface area contributed by atoms with Gasteiger partial charge in [-0.05, 0) is 12.5 Å². The lowest BCUT2D eigenvalue weighted by Crippen LogP contribution is -2.04. The summed E-state index contributed by atoms with van der Waals surface area (Å²) in [5.74, 6) is 0. The number of halogens is 2. The third-order valence-corrected chi connectivity index (χ3v) is 3.15. The van der Waals surface area contributed by atoms with Crippen LogP contribution < -0.4 is 0 Å². The normalized spacial score (nSPS) is 12.1. The number of hydrogen-bond donors (Lipinski definition) is 0. The molecular formula is C11H11Br2NO. The van der Waals surface area contributed by atoms with Gasteiger partial charge >= 0.3 is 0 Å². The molecule has 0 bridgehead atoms. The van der Waals surface area contributed by atoms with E-state index in [0.29, 0.717) is 6.61 Å². The Bertz CT molecular complexity index is 349. The summed E-state index contributed by atoms with van der Waals surface area (Å²) in [5.41, 5.74) is 0.884. The molecule has 0 spiro atoms. The van der Waals surface area contributed by atoms with Crippen LogP contribution >= 0.6 is 31.9 Å². The van der Waals surface area contributed by atoms with Crippen LogP contribution in [-0.2, 0) is 4.74 Å². The van der Waals surface area contributed by atoms with Crippen molar-refractivity contribution in [3.63, 3.8) is 0 Å². The molecule has 1 aromatic rings. The van der Waals surface area contributed by atoms with Crippen LogP contribution in [0.5, 0.6) is 0 Å². The summed E-state index contributed by atoms with van der Waals surface area (Å²) in [6.45, 7) is 0.588. The number of alkyl halides is 1. The van der Waals surface area contributed by atoms with E-state index in [1.54, 1.807) is 0 Å². The Balaban J connectivity index is 2.67. The Morgan fingerprint density at radius 3 is 2.73 bits per heavy atom. The molecule has 0 aromatic heterocycles. The second kappa shape index (κ2) is 7.00. The zero-order valence-electron chi connectivity index (χ0n) is 8.12. The van der Waals surface area contributed by atoms with Crippen molar-refractivity contribution in [3.05, 3.63) is 34.3 Å². The van der Waals surface area contributed by atoms with Crippen LogP contribution in [0, 0.1) is 11.3 Å². The molecule has 0 heterocycles. The second-order valence-corrected chi connectivity index (χ2v) is 4.59. The van der Waals surface area contributed by atoms with Crippen molar-refractivity contribution in [2.75, 3.05) is 11.9 Å². The minimum atomic E-state index is -0.486. The molecule has 1 rings (SSSR count). The number of rotatable bonds is 5. The van der Waals surface area contributed by atoms with Crippen molar-refractivity contribution < 1.29 is 4.74 Å². The molecule has 0 aliphatic carbocycles. The average molecular weight is 333 g/mol. The molecule has 2 nitrogen and oxygen atoms in total. The topological polar surface area (TPSA) is 33.0 Å². The summed E-state index contributed by atoms with van der Waals surface area (Å²) < 4.78 is 6.39. The second-order valence-electron chi connectivity index (χ2n) is 2.94. The van der Waals surface area contributed by atoms with Crippen LogP contribution in [0.25, 0.3) is 0 Å². The van der Waals surface area contributed by atoms with Crippen molar-refractivity contribution in [1.82, 2.24) is 0 Å². The highest BCUT2D eigenvalue weighted by atomic mass is 79.9. The molecule has 1 unspecified atom stereocenters. The van der Waals surface area contributed by atoms with Crippen LogP contribution in [0.15, 0.2) is 28.7 Å². The lowest BCUT2D eigenvalue weighted by molar-refractivity contribution is 0.0911. The highest BCUT2D eigenvalue weighted by Crippen LogP contribution is 2.25. The van der Waals surface area contributed by atoms with Crippen LogP contribution in [-0.4, -0.2) is 11.9 Å². The first-order valence-electron chi connectivity index (χ1n) is 4.61. The van der Waals surface area contributed by atoms with E-state index in [9.17, 15) is 0 Å². The fourth-order valence-electron chi connectivity index (χ4n) is 1.14. The molecule has 0 aliphatic heterocycles. The maximum atomic E-state index is 9.00. The molecule has 0 aliphatic rings. The molecule has 4 heteroatoms. The Kier molecular flexibility index (Phi) is 5.92. The molecule has 0 fully saturated rings. The number of ether oxygens (including phenoxy) is 1. The fraction of sp³-hybridized carbons (Fsp3) is 0.364. The van der Waals surface area contributed by atoms with Crippen molar-refractivity contribution in [2.24, 2.45) is 0 Å². The maximum absolute atomic E-state index is 9.00. The maximum Gasteiger partial charge on any atom is 0.170 e. The van der Waals surface area contributed by atoms with Gasteiger partial charge < -0.3 is 4.74 Å². The van der Waals surface area contributed by atoms with Crippen molar-refractivity contribution in [1.29, 1.82) is 5.26 Å². The van der Waals surface area contributed by atoms with Gasteiger partial charge in [0.25, 0.3) is 0 Å². The van der Waals surface area contributed by atoms with E-state index in [2.05, 4.69) is 37.9 Å². The molecule has 1 atom stereocenters. The predicted molar refractivity (Wildman–Crippen MR) is 66.9 cm³/mol. The van der Waals surface area contributed by atoms with Crippen LogP contribution in [0.3, 0.4) is 0 Å². The zero-order chi connectivity index (χ0) is 11.1. The number of nitrogens with zero attached hydrogens (tertiary/aromatic N) is 1. The summed E-state index contributed by atoms with van der Waals surface area (Å²) in [4.78, 5) is 0. The van der Waals surface area contributed by atoms with Crippen LogP contribution in [0.4, 0.5) is 0 Å². The van der Waals surface area contributed by atoms with E-state index < -0.39 is 6.10 Å². The summed E-state index contributed by atoms with van der Waals surface area (Å²) in [6.07, 6.45) is 0.419. The van der Waals surface area contributed by atoms with E-state index >= 15 is 0 Å². The van der Waals surface area contributed by atoms with Gasteiger partial charge in [-0.1, -0.05) is 50.1 Å². The molecule has 0 N–H and O–H groups in total. The number of hydrogen-bond acceptors (Lipinski definition) is 2. The highest BCUT2D eigenvalue weighted by Gasteiger charge is 2.13. The summed E-state index contributed by atoms with van der Waals surface area (Å²) in [7, 11) is 0. The van der Waals surface area contributed by atoms with Gasteiger partial charge in [0.15, 0.2) is 6.10 Å². The Morgan fingerprint density at radius 2 is 2.13 bits per heavy atom. The van der Waals surface area contributed by atoms with Crippen molar-refractivity contribution in [3.8, 4) is 6.07 Å². The van der Waals surface area contributed by atoms with Gasteiger partial charge in [0, 0.05) is 22.0 Å². The first kappa shape index (κ1) is 12.7. The molecule has 80 valence electrons. The minimum Gasteiger partial charge on any atom is -0.359 e. The quantitative estimate of drug-likeness (QED) is 0.606. The lowest BCUT2D eigenvalue weighted by atomic mass is 10.1. The third-order valence-electron chi connectivity index (χ3n) is 1.87. The van der Waals surface area contributed by atoms with Gasteiger partial charge in [-0.15, -0.1) is 0 Å². The van der Waals surface area contributed by atoms with Crippen molar-refractivity contribution >= 4 is 31.9 Å². The molecule has 1 aromatic carbocycles. The summed E-state index contributed by atoms with van der Waals surface area (Å²) in [5, 5.41) is 9.89. The third kappa shape index (κ3) is 3.94. The first-order chi connectivity index (χ1) is 7.29. The van der Waals surface area contributed by atoms with Gasteiger partial charge in [-0.3, -0.25) is 0 Å². The van der Waals surface area contributed by atoms with E-state index in [-0.39, 0.29) is 0 Å². The summed E-state index contributed by atoms with van der Waals surface area (Å²) >= 11 is 6.73. The van der Waals surface area contributed by atoms with Gasteiger partial charge in [-0.2, -0.15) is 5.26 Å². The highest BCUT2D eigenvalue weighted by molar-refractivity contribution is 9.10. The zero-order valence-corrected chi connectivity index (χ0v) is 11.3. The van der Waals surface area contributed by atoms with Gasteiger partial charge in [0.05, 0.1) is 6.07 Å². The average Bonchev–Trinajstić information content (AvgIpc) is 2.26. The van der Waals surface area contributed by atoms with Crippen molar-refractivity contribution in [2.45, 2.75) is 12.5 Å². The number of benzene rings is 1. The Hall–Kier alpha value is -0.370. The first-order valence-corrected chi connectivity index (χ1v) is 6.52. The predicted octanol–water partition coefficient (Wildman–Crippen LogP) is 3.82.